The van der Waals surface area contributed by atoms with Crippen LogP contribution in [0.3, 0.4) is 0 Å². The van der Waals surface area contributed by atoms with Crippen LogP contribution in [0.15, 0.2) is 47.3 Å². The van der Waals surface area contributed by atoms with Crippen molar-refractivity contribution in [2.45, 2.75) is 13.0 Å². The maximum absolute atomic E-state index is 12.5. The molecule has 0 saturated carbocycles. The molecule has 0 bridgehead atoms. The predicted molar refractivity (Wildman–Crippen MR) is 94.0 cm³/mol. The molecule has 2 aromatic rings. The van der Waals surface area contributed by atoms with Crippen molar-refractivity contribution >= 4 is 5.91 Å². The summed E-state index contributed by atoms with van der Waals surface area (Å²) >= 11 is 0. The molecule has 1 aromatic heterocycles. The van der Waals surface area contributed by atoms with Gasteiger partial charge in [-0.25, -0.2) is 0 Å². The van der Waals surface area contributed by atoms with Gasteiger partial charge < -0.3 is 10.1 Å². The van der Waals surface area contributed by atoms with Gasteiger partial charge in [0.25, 0.3) is 11.5 Å². The Morgan fingerprint density at radius 1 is 1.20 bits per heavy atom. The summed E-state index contributed by atoms with van der Waals surface area (Å²) < 4.78 is 6.56. The van der Waals surface area contributed by atoms with Crippen LogP contribution in [0.4, 0.5) is 0 Å². The number of benzene rings is 1. The van der Waals surface area contributed by atoms with E-state index in [0.717, 1.165) is 32.8 Å². The number of carbonyl (C=O) groups excluding carboxylic acids is 1. The van der Waals surface area contributed by atoms with E-state index < -0.39 is 0 Å². The Hall–Kier alpha value is -2.51. The van der Waals surface area contributed by atoms with Crippen molar-refractivity contribution < 1.29 is 9.53 Å². The number of hydrogen-bond donors (Lipinski definition) is 1. The molecule has 1 atom stereocenters. The fourth-order valence-electron chi connectivity index (χ4n) is 2.80. The minimum atomic E-state index is -0.287. The summed E-state index contributed by atoms with van der Waals surface area (Å²) in [5, 5.41) is 7.14. The van der Waals surface area contributed by atoms with Gasteiger partial charge in [-0.15, -0.1) is 0 Å². The Kier molecular flexibility index (Phi) is 5.57. The van der Waals surface area contributed by atoms with Crippen LogP contribution < -0.4 is 10.9 Å². The van der Waals surface area contributed by atoms with Crippen LogP contribution in [-0.2, 0) is 4.74 Å². The normalized spacial score (nSPS) is 16.4. The van der Waals surface area contributed by atoms with Gasteiger partial charge >= 0.3 is 0 Å². The topological polar surface area (TPSA) is 76.5 Å². The molecule has 0 aliphatic carbocycles. The molecule has 0 spiro atoms. The number of amides is 1. The summed E-state index contributed by atoms with van der Waals surface area (Å²) in [5.41, 5.74) is 0.574. The fraction of sp³-hybridized carbons (Fsp3) is 0.389. The largest absolute Gasteiger partial charge is 0.379 e. The molecular formula is C18H22N4O3. The average Bonchev–Trinajstić information content (AvgIpc) is 2.63. The van der Waals surface area contributed by atoms with Crippen LogP contribution in [0.1, 0.15) is 17.4 Å². The molecular weight excluding hydrogens is 320 g/mol. The Balaban J connectivity index is 1.68. The third-order valence-electron chi connectivity index (χ3n) is 4.05. The highest BCUT2D eigenvalue weighted by Crippen LogP contribution is 2.04. The maximum Gasteiger partial charge on any atom is 0.271 e. The van der Waals surface area contributed by atoms with Crippen molar-refractivity contribution in [1.29, 1.82) is 0 Å². The van der Waals surface area contributed by atoms with Crippen molar-refractivity contribution in [3.05, 3.63) is 58.5 Å². The number of aromatic nitrogens is 2. The summed E-state index contributed by atoms with van der Waals surface area (Å²) in [6, 6.07) is 11.8. The van der Waals surface area contributed by atoms with Gasteiger partial charge in [-0.2, -0.15) is 9.78 Å². The number of nitrogens with zero attached hydrogens (tertiary/aromatic N) is 3. The molecule has 1 unspecified atom stereocenters. The van der Waals surface area contributed by atoms with E-state index in [4.69, 9.17) is 4.74 Å². The highest BCUT2D eigenvalue weighted by Gasteiger charge is 2.17. The van der Waals surface area contributed by atoms with Gasteiger partial charge in [0.15, 0.2) is 0 Å². The SMILES string of the molecule is CC(CN1CCOCC1)NC(=O)c1ccc(=O)n(-c2ccccc2)n1. The monoisotopic (exact) mass is 342 g/mol. The van der Waals surface area contributed by atoms with E-state index in [1.807, 2.05) is 25.1 Å². The number of rotatable bonds is 5. The third-order valence-corrected chi connectivity index (χ3v) is 4.05. The first-order valence-corrected chi connectivity index (χ1v) is 8.40. The van der Waals surface area contributed by atoms with E-state index in [9.17, 15) is 9.59 Å². The molecule has 7 nitrogen and oxygen atoms in total. The van der Waals surface area contributed by atoms with E-state index >= 15 is 0 Å². The molecule has 3 rings (SSSR count). The van der Waals surface area contributed by atoms with Gasteiger partial charge in [-0.05, 0) is 25.1 Å². The van der Waals surface area contributed by atoms with Gasteiger partial charge in [0.1, 0.15) is 5.69 Å². The lowest BCUT2D eigenvalue weighted by Crippen LogP contribution is -2.46. The Morgan fingerprint density at radius 2 is 1.92 bits per heavy atom. The minimum Gasteiger partial charge on any atom is -0.379 e. The van der Waals surface area contributed by atoms with Gasteiger partial charge in [-0.1, -0.05) is 18.2 Å². The first kappa shape index (κ1) is 17.3. The maximum atomic E-state index is 12.5. The molecule has 1 aliphatic rings. The molecule has 1 N–H and O–H groups in total. The first-order chi connectivity index (χ1) is 12.1. The van der Waals surface area contributed by atoms with Crippen LogP contribution in [0.25, 0.3) is 5.69 Å². The van der Waals surface area contributed by atoms with Crippen molar-refractivity contribution in [1.82, 2.24) is 20.0 Å². The summed E-state index contributed by atoms with van der Waals surface area (Å²) in [6.07, 6.45) is 0. The summed E-state index contributed by atoms with van der Waals surface area (Å²) in [6.45, 7) is 5.91. The Bertz CT molecular complexity index is 769. The zero-order chi connectivity index (χ0) is 17.6. The second-order valence-corrected chi connectivity index (χ2v) is 6.09. The quantitative estimate of drug-likeness (QED) is 0.865. The summed E-state index contributed by atoms with van der Waals surface area (Å²) in [4.78, 5) is 26.7. The second kappa shape index (κ2) is 8.04. The summed E-state index contributed by atoms with van der Waals surface area (Å²) in [7, 11) is 0. The zero-order valence-corrected chi connectivity index (χ0v) is 14.2. The van der Waals surface area contributed by atoms with Crippen molar-refractivity contribution in [3.63, 3.8) is 0 Å². The van der Waals surface area contributed by atoms with Gasteiger partial charge in [0, 0.05) is 31.7 Å². The number of nitrogens with one attached hydrogen (secondary N) is 1. The van der Waals surface area contributed by atoms with Crippen LogP contribution >= 0.6 is 0 Å². The second-order valence-electron chi connectivity index (χ2n) is 6.09. The van der Waals surface area contributed by atoms with Crippen molar-refractivity contribution in [3.8, 4) is 5.69 Å². The highest BCUT2D eigenvalue weighted by molar-refractivity contribution is 5.92. The first-order valence-electron chi connectivity index (χ1n) is 8.40. The van der Waals surface area contributed by atoms with Crippen LogP contribution in [0, 0.1) is 0 Å². The van der Waals surface area contributed by atoms with Gasteiger partial charge in [0.05, 0.1) is 18.9 Å². The number of ether oxygens (including phenoxy) is 1. The summed E-state index contributed by atoms with van der Waals surface area (Å²) in [5.74, 6) is -0.287. The lowest BCUT2D eigenvalue weighted by molar-refractivity contribution is 0.0342. The minimum absolute atomic E-state index is 0.0236. The van der Waals surface area contributed by atoms with Gasteiger partial charge in [-0.3, -0.25) is 14.5 Å². The average molecular weight is 342 g/mol. The Labute approximate surface area is 146 Å². The lowest BCUT2D eigenvalue weighted by atomic mass is 10.2. The molecule has 1 aromatic carbocycles. The standard InChI is InChI=1S/C18H22N4O3/c1-14(13-21-9-11-25-12-10-21)19-18(24)16-7-8-17(23)22(20-16)15-5-3-2-4-6-15/h2-8,14H,9-13H2,1H3,(H,19,24). The van der Waals surface area contributed by atoms with E-state index in [2.05, 4.69) is 15.3 Å². The van der Waals surface area contributed by atoms with Crippen molar-refractivity contribution in [2.75, 3.05) is 32.8 Å². The highest BCUT2D eigenvalue weighted by atomic mass is 16.5. The third kappa shape index (κ3) is 4.52. The molecule has 2 heterocycles. The van der Waals surface area contributed by atoms with Crippen LogP contribution in [-0.4, -0.2) is 59.5 Å². The zero-order valence-electron chi connectivity index (χ0n) is 14.2. The lowest BCUT2D eigenvalue weighted by Gasteiger charge is -2.29. The van der Waals surface area contributed by atoms with E-state index in [1.165, 1.54) is 16.8 Å². The van der Waals surface area contributed by atoms with E-state index in [1.54, 1.807) is 12.1 Å². The van der Waals surface area contributed by atoms with Crippen molar-refractivity contribution in [2.24, 2.45) is 0 Å². The number of hydrogen-bond acceptors (Lipinski definition) is 5. The fourth-order valence-corrected chi connectivity index (χ4v) is 2.80. The molecule has 1 saturated heterocycles. The molecule has 132 valence electrons. The molecule has 0 radical (unpaired) electrons. The van der Waals surface area contributed by atoms with Gasteiger partial charge in [0.2, 0.25) is 0 Å². The molecule has 25 heavy (non-hydrogen) atoms. The van der Waals surface area contributed by atoms with Crippen LogP contribution in [0.5, 0.6) is 0 Å². The molecule has 1 fully saturated rings. The number of morpholine rings is 1. The predicted octanol–water partition coefficient (Wildman–Crippen LogP) is 0.683. The van der Waals surface area contributed by atoms with Crippen LogP contribution in [0.2, 0.25) is 0 Å². The molecule has 1 aliphatic heterocycles. The number of carbonyl (C=O) groups is 1. The Morgan fingerprint density at radius 3 is 2.64 bits per heavy atom. The van der Waals surface area contributed by atoms with E-state index in [0.29, 0.717) is 5.69 Å². The van der Waals surface area contributed by atoms with E-state index in [-0.39, 0.29) is 23.2 Å². The molecule has 1 amide bonds. The smallest absolute Gasteiger partial charge is 0.271 e. The number of para-hydroxylation sites is 1. The molecule has 7 heteroatoms.